The molecule has 1 aromatic heterocycles. The van der Waals surface area contributed by atoms with Crippen molar-refractivity contribution in [1.29, 1.82) is 0 Å². The van der Waals surface area contributed by atoms with Crippen molar-refractivity contribution >= 4 is 15.9 Å². The molecule has 0 spiro atoms. The lowest BCUT2D eigenvalue weighted by molar-refractivity contribution is 1.25. The first-order valence-electron chi connectivity index (χ1n) is 3.36. The fourth-order valence-electron chi connectivity index (χ4n) is 0.518. The molecule has 2 heteroatoms. The molecule has 1 aromatic rings. The van der Waals surface area contributed by atoms with E-state index >= 15 is 0 Å². The smallest absolute Gasteiger partial charge is 0.0410 e. The molecular weight excluding hydrogens is 190 g/mol. The molecule has 1 rings (SSSR count). The number of nitrogens with zero attached hydrogens (tertiary/aromatic N) is 1. The van der Waals surface area contributed by atoms with Crippen LogP contribution >= 0.6 is 15.9 Å². The Hall–Kier alpha value is -0.370. The lowest BCUT2D eigenvalue weighted by atomic mass is 10.3. The van der Waals surface area contributed by atoms with E-state index in [0.29, 0.717) is 0 Å². The van der Waals surface area contributed by atoms with Gasteiger partial charge < -0.3 is 0 Å². The summed E-state index contributed by atoms with van der Waals surface area (Å²) in [6.07, 6.45) is 3.60. The first-order chi connectivity index (χ1) is 4.79. The first-order valence-corrected chi connectivity index (χ1v) is 4.15. The third kappa shape index (κ3) is 3.62. The average molecular weight is 202 g/mol. The van der Waals surface area contributed by atoms with Gasteiger partial charge in [0.1, 0.15) is 0 Å². The number of rotatable bonds is 0. The molecule has 0 saturated carbocycles. The summed E-state index contributed by atoms with van der Waals surface area (Å²) in [5.74, 6) is 0. The Balaban J connectivity index is 0.000000371. The van der Waals surface area contributed by atoms with Crippen LogP contribution in [0.15, 0.2) is 22.9 Å². The molecule has 0 aliphatic rings. The summed E-state index contributed by atoms with van der Waals surface area (Å²) in [7, 11) is 0. The van der Waals surface area contributed by atoms with Crippen molar-refractivity contribution in [3.05, 3.63) is 28.5 Å². The van der Waals surface area contributed by atoms with Gasteiger partial charge in [-0.15, -0.1) is 0 Å². The van der Waals surface area contributed by atoms with Crippen LogP contribution < -0.4 is 0 Å². The maximum atomic E-state index is 3.94. The highest BCUT2D eigenvalue weighted by Gasteiger charge is 1.83. The third-order valence-corrected chi connectivity index (χ3v) is 1.28. The molecule has 10 heavy (non-hydrogen) atoms. The number of halogens is 1. The van der Waals surface area contributed by atoms with Crippen molar-refractivity contribution in [2.45, 2.75) is 20.8 Å². The van der Waals surface area contributed by atoms with Gasteiger partial charge in [-0.2, -0.15) is 0 Å². The molecule has 0 fully saturated rings. The molecule has 0 bridgehead atoms. The average Bonchev–Trinajstić information content (AvgIpc) is 1.91. The molecule has 56 valence electrons. The van der Waals surface area contributed by atoms with Crippen molar-refractivity contribution in [3.63, 3.8) is 0 Å². The molecule has 0 unspecified atom stereocenters. The van der Waals surface area contributed by atoms with E-state index in [4.69, 9.17) is 0 Å². The molecule has 1 nitrogen and oxygen atoms in total. The normalized spacial score (nSPS) is 8.00. The maximum Gasteiger partial charge on any atom is 0.0410 e. The van der Waals surface area contributed by atoms with Crippen LogP contribution in [0.1, 0.15) is 19.4 Å². The topological polar surface area (TPSA) is 12.9 Å². The molecule has 0 aromatic carbocycles. The van der Waals surface area contributed by atoms with E-state index in [0.717, 1.165) is 4.47 Å². The van der Waals surface area contributed by atoms with Crippen LogP contribution in [0, 0.1) is 6.92 Å². The van der Waals surface area contributed by atoms with E-state index in [-0.39, 0.29) is 0 Å². The Labute approximate surface area is 70.6 Å². The van der Waals surface area contributed by atoms with Crippen LogP contribution in [0.2, 0.25) is 0 Å². The summed E-state index contributed by atoms with van der Waals surface area (Å²) in [5, 5.41) is 0. The number of aryl methyl sites for hydroxylation is 1. The quantitative estimate of drug-likeness (QED) is 0.629. The van der Waals surface area contributed by atoms with E-state index in [1.165, 1.54) is 5.56 Å². The molecule has 0 atom stereocenters. The Morgan fingerprint density at radius 3 is 2.20 bits per heavy atom. The van der Waals surface area contributed by atoms with Gasteiger partial charge in [0, 0.05) is 16.9 Å². The van der Waals surface area contributed by atoms with Gasteiger partial charge >= 0.3 is 0 Å². The Morgan fingerprint density at radius 1 is 1.30 bits per heavy atom. The molecule has 0 N–H and O–H groups in total. The summed E-state index contributed by atoms with van der Waals surface area (Å²) in [6.45, 7) is 6.01. The second-order valence-corrected chi connectivity index (χ2v) is 2.60. The maximum absolute atomic E-state index is 3.94. The third-order valence-electron chi connectivity index (χ3n) is 0.842. The Bertz CT molecular complexity index is 169. The molecule has 0 saturated heterocycles. The zero-order chi connectivity index (χ0) is 7.98. The fourth-order valence-corrected chi connectivity index (χ4v) is 0.997. The minimum atomic E-state index is 1.04. The minimum Gasteiger partial charge on any atom is -0.263 e. The fraction of sp³-hybridized carbons (Fsp3) is 0.375. The number of hydrogen-bond acceptors (Lipinski definition) is 1. The van der Waals surface area contributed by atoms with Gasteiger partial charge in [-0.05, 0) is 34.5 Å². The Kier molecular flexibility index (Phi) is 5.22. The molecule has 0 aliphatic heterocycles. The summed E-state index contributed by atoms with van der Waals surface area (Å²) < 4.78 is 1.04. The van der Waals surface area contributed by atoms with Crippen molar-refractivity contribution in [2.75, 3.05) is 0 Å². The zero-order valence-corrected chi connectivity index (χ0v) is 8.14. The van der Waals surface area contributed by atoms with Gasteiger partial charge in [0.05, 0.1) is 0 Å². The van der Waals surface area contributed by atoms with Crippen LogP contribution in [0.3, 0.4) is 0 Å². The lowest BCUT2D eigenvalue weighted by Crippen LogP contribution is -1.73. The van der Waals surface area contributed by atoms with Crippen LogP contribution in [0.25, 0.3) is 0 Å². The van der Waals surface area contributed by atoms with E-state index in [1.807, 2.05) is 33.0 Å². The molecule has 0 aliphatic carbocycles. The second-order valence-electron chi connectivity index (χ2n) is 1.68. The second kappa shape index (κ2) is 5.42. The monoisotopic (exact) mass is 201 g/mol. The number of aromatic nitrogens is 1. The summed E-state index contributed by atoms with van der Waals surface area (Å²) in [6, 6.07) is 2.02. The first kappa shape index (κ1) is 9.63. The summed E-state index contributed by atoms with van der Waals surface area (Å²) in [4.78, 5) is 3.94. The van der Waals surface area contributed by atoms with Crippen molar-refractivity contribution in [2.24, 2.45) is 0 Å². The van der Waals surface area contributed by atoms with Gasteiger partial charge in [0.2, 0.25) is 0 Å². The van der Waals surface area contributed by atoms with Gasteiger partial charge in [0.15, 0.2) is 0 Å². The predicted molar refractivity (Wildman–Crippen MR) is 48.0 cm³/mol. The van der Waals surface area contributed by atoms with Crippen LogP contribution in [0.5, 0.6) is 0 Å². The standard InChI is InChI=1S/C6H6BrN.C2H6/c1-5-2-6(7)4-8-3-5;1-2/h2-4H,1H3;1-2H3. The summed E-state index contributed by atoms with van der Waals surface area (Å²) in [5.41, 5.74) is 1.18. The molecule has 0 radical (unpaired) electrons. The zero-order valence-electron chi connectivity index (χ0n) is 6.56. The van der Waals surface area contributed by atoms with Crippen LogP contribution in [-0.4, -0.2) is 4.98 Å². The van der Waals surface area contributed by atoms with Crippen molar-refractivity contribution < 1.29 is 0 Å². The Morgan fingerprint density at radius 2 is 1.90 bits per heavy atom. The largest absolute Gasteiger partial charge is 0.263 e. The van der Waals surface area contributed by atoms with E-state index in [1.54, 1.807) is 6.20 Å². The minimum absolute atomic E-state index is 1.04. The summed E-state index contributed by atoms with van der Waals surface area (Å²) >= 11 is 3.30. The highest BCUT2D eigenvalue weighted by atomic mass is 79.9. The number of hydrogen-bond donors (Lipinski definition) is 0. The highest BCUT2D eigenvalue weighted by Crippen LogP contribution is 2.07. The van der Waals surface area contributed by atoms with Crippen molar-refractivity contribution in [3.8, 4) is 0 Å². The molecule has 1 heterocycles. The SMILES string of the molecule is CC.Cc1cncc(Br)c1. The van der Waals surface area contributed by atoms with E-state index < -0.39 is 0 Å². The van der Waals surface area contributed by atoms with E-state index in [2.05, 4.69) is 20.9 Å². The van der Waals surface area contributed by atoms with Gasteiger partial charge in [-0.3, -0.25) is 4.98 Å². The lowest BCUT2D eigenvalue weighted by Gasteiger charge is -1.88. The van der Waals surface area contributed by atoms with Crippen molar-refractivity contribution in [1.82, 2.24) is 4.98 Å². The number of pyridine rings is 1. The van der Waals surface area contributed by atoms with E-state index in [9.17, 15) is 0 Å². The highest BCUT2D eigenvalue weighted by molar-refractivity contribution is 9.10. The molecular formula is C8H12BrN. The van der Waals surface area contributed by atoms with Crippen LogP contribution in [-0.2, 0) is 0 Å². The van der Waals surface area contributed by atoms with Crippen LogP contribution in [0.4, 0.5) is 0 Å². The van der Waals surface area contributed by atoms with Gasteiger partial charge in [-0.1, -0.05) is 13.8 Å². The predicted octanol–water partition coefficient (Wildman–Crippen LogP) is 3.18. The molecule has 0 amide bonds. The van der Waals surface area contributed by atoms with Gasteiger partial charge in [-0.25, -0.2) is 0 Å². The van der Waals surface area contributed by atoms with Gasteiger partial charge in [0.25, 0.3) is 0 Å².